The van der Waals surface area contributed by atoms with Crippen molar-refractivity contribution in [2.24, 2.45) is 0 Å². The van der Waals surface area contributed by atoms with Crippen LogP contribution in [0.5, 0.6) is 0 Å². The van der Waals surface area contributed by atoms with E-state index < -0.39 is 5.41 Å². The molecule has 0 saturated heterocycles. The van der Waals surface area contributed by atoms with Crippen LogP contribution in [0.1, 0.15) is 180 Å². The maximum absolute atomic E-state index is 7.61. The van der Waals surface area contributed by atoms with Crippen LogP contribution in [0, 0.1) is 0 Å². The summed E-state index contributed by atoms with van der Waals surface area (Å²) in [6, 6.07) is 82.8. The molecule has 11 aromatic carbocycles. The van der Waals surface area contributed by atoms with Crippen LogP contribution in [0.3, 0.4) is 0 Å². The summed E-state index contributed by atoms with van der Waals surface area (Å²) in [6.45, 7) is 41.3. The number of rotatable bonds is 8. The molecular weight excluding hydrogens is 1170 g/mol. The second kappa shape index (κ2) is 21.7. The Balaban J connectivity index is 1.17. The molecule has 0 amide bonds. The minimum absolute atomic E-state index is 0.0658. The molecule has 3 heterocycles. The lowest BCUT2D eigenvalue weighted by Crippen LogP contribution is -2.29. The number of para-hydroxylation sites is 2. The van der Waals surface area contributed by atoms with Gasteiger partial charge in [-0.1, -0.05) is 246 Å². The number of anilines is 6. The first kappa shape index (κ1) is 62.5. The quantitative estimate of drug-likeness (QED) is 0.152. The Bertz CT molecular complexity index is 5000. The second-order valence-electron chi connectivity index (χ2n) is 33.5. The number of hydrogen-bond acceptors (Lipinski definition) is 5. The number of nitrogens with zero attached hydrogens (tertiary/aromatic N) is 2. The van der Waals surface area contributed by atoms with Crippen molar-refractivity contribution in [2.75, 3.05) is 9.80 Å². The van der Waals surface area contributed by atoms with Gasteiger partial charge in [0.1, 0.15) is 22.3 Å². The fraction of sp³-hybridized carbons (Fsp3) is 0.275. The molecule has 0 fully saturated rings. The molecule has 3 aromatic heterocycles. The number of fused-ring (bicyclic) bond motifs is 14. The zero-order valence-electron chi connectivity index (χ0n) is 59.4. The normalized spacial score (nSPS) is 13.8. The highest BCUT2D eigenvalue weighted by atomic mass is 16.3. The van der Waals surface area contributed by atoms with Gasteiger partial charge in [0.2, 0.25) is 0 Å². The van der Waals surface area contributed by atoms with E-state index in [9.17, 15) is 0 Å². The van der Waals surface area contributed by atoms with Crippen LogP contribution in [0.25, 0.3) is 76.9 Å². The molecule has 15 rings (SSSR count). The van der Waals surface area contributed by atoms with E-state index in [1.54, 1.807) is 0 Å². The van der Waals surface area contributed by atoms with Crippen LogP contribution in [-0.2, 0) is 37.9 Å². The van der Waals surface area contributed by atoms with E-state index in [2.05, 4.69) is 353 Å². The number of benzene rings is 11. The standard InChI is InChI=1S/C91H90N2O3/c1-85(2,3)55-27-29-60(30-28-55)91(62-40-50-78-70(52-62)69-51-61(90(16,17)18)39-49-77(69)94-78)71-53-73(92(63-41-31-56(32-42-63)86(4,5)6)64-43-33-57(34-44-64)87(7,8)9)83-79(67-23-19-21-25-75(67)95-83)81(71)82-72(91)54-74(84-80(82)68-24-20-22-26-76(68)96-84)93(65-45-35-58(36-46-65)88(10,11)12)66-47-37-59(38-48-66)89(13,14)15/h19-54H,1-18H3. The molecule has 1 aliphatic carbocycles. The van der Waals surface area contributed by atoms with Gasteiger partial charge in [-0.15, -0.1) is 0 Å². The Labute approximate surface area is 567 Å². The Morgan fingerprint density at radius 1 is 0.260 bits per heavy atom. The summed E-state index contributed by atoms with van der Waals surface area (Å²) < 4.78 is 22.2. The molecule has 5 heteroatoms. The van der Waals surface area contributed by atoms with Crippen molar-refractivity contribution in [3.8, 4) is 11.1 Å². The van der Waals surface area contributed by atoms with Crippen LogP contribution in [0.2, 0.25) is 0 Å². The van der Waals surface area contributed by atoms with E-state index in [0.29, 0.717) is 0 Å². The SMILES string of the molecule is CC(C)(C)c1ccc(N(c2ccc(C(C)(C)C)cc2)c2cc3c(c4c2oc2ccccc24)-c2c(cc(N(c4ccc(C(C)(C)C)cc4)c4ccc(C(C)(C)C)cc4)c4oc5ccccc5c24)C3(c2ccc(C(C)(C)C)cc2)c2ccc3oc4ccc(C(C)(C)C)cc4c3c2)cc1. The topological polar surface area (TPSA) is 45.9 Å². The first-order valence-corrected chi connectivity index (χ1v) is 34.5. The summed E-state index contributed by atoms with van der Waals surface area (Å²) in [5.74, 6) is 0. The van der Waals surface area contributed by atoms with Crippen molar-refractivity contribution in [1.82, 2.24) is 0 Å². The van der Waals surface area contributed by atoms with Crippen LogP contribution in [-0.4, -0.2) is 0 Å². The highest BCUT2D eigenvalue weighted by molar-refractivity contribution is 6.27. The zero-order chi connectivity index (χ0) is 67.6. The Morgan fingerprint density at radius 2 is 0.552 bits per heavy atom. The molecule has 1 aliphatic rings. The van der Waals surface area contributed by atoms with Crippen molar-refractivity contribution in [1.29, 1.82) is 0 Å². The van der Waals surface area contributed by atoms with Gasteiger partial charge >= 0.3 is 0 Å². The van der Waals surface area contributed by atoms with E-state index in [0.717, 1.165) is 133 Å². The van der Waals surface area contributed by atoms with E-state index in [1.807, 2.05) is 0 Å². The Hall–Kier alpha value is -9.58. The fourth-order valence-corrected chi connectivity index (χ4v) is 15.1. The minimum Gasteiger partial charge on any atom is -0.456 e. The van der Waals surface area contributed by atoms with Crippen molar-refractivity contribution in [3.05, 3.63) is 274 Å². The third-order valence-electron chi connectivity index (χ3n) is 20.7. The maximum atomic E-state index is 7.61. The zero-order valence-corrected chi connectivity index (χ0v) is 59.4. The molecule has 0 aliphatic heterocycles. The molecule has 5 nitrogen and oxygen atoms in total. The Kier molecular flexibility index (Phi) is 14.1. The average molecular weight is 1260 g/mol. The van der Waals surface area contributed by atoms with Crippen molar-refractivity contribution in [3.63, 3.8) is 0 Å². The highest BCUT2D eigenvalue weighted by Crippen LogP contribution is 2.65. The van der Waals surface area contributed by atoms with Crippen LogP contribution >= 0.6 is 0 Å². The lowest BCUT2D eigenvalue weighted by atomic mass is 9.66. The summed E-state index contributed by atoms with van der Waals surface area (Å²) in [7, 11) is 0. The summed E-state index contributed by atoms with van der Waals surface area (Å²) in [5.41, 5.74) is 23.7. The third kappa shape index (κ3) is 10.2. The average Bonchev–Trinajstić information content (AvgIpc) is 1.50. The van der Waals surface area contributed by atoms with Gasteiger partial charge in [-0.3, -0.25) is 0 Å². The van der Waals surface area contributed by atoms with Gasteiger partial charge in [0.25, 0.3) is 0 Å². The molecule has 0 spiro atoms. The Morgan fingerprint density at radius 3 is 0.906 bits per heavy atom. The molecular formula is C91H90N2O3. The van der Waals surface area contributed by atoms with E-state index in [4.69, 9.17) is 13.3 Å². The van der Waals surface area contributed by atoms with Crippen molar-refractivity contribution < 1.29 is 13.3 Å². The van der Waals surface area contributed by atoms with Gasteiger partial charge in [-0.2, -0.15) is 0 Å². The van der Waals surface area contributed by atoms with Crippen molar-refractivity contribution >= 4 is 99.9 Å². The lowest BCUT2D eigenvalue weighted by molar-refractivity contribution is 0.589. The summed E-state index contributed by atoms with van der Waals surface area (Å²) in [6.07, 6.45) is 0. The van der Waals surface area contributed by atoms with Gasteiger partial charge in [0.05, 0.1) is 16.8 Å². The maximum Gasteiger partial charge on any atom is 0.160 e. The monoisotopic (exact) mass is 1260 g/mol. The molecule has 482 valence electrons. The fourth-order valence-electron chi connectivity index (χ4n) is 15.1. The molecule has 0 atom stereocenters. The number of hydrogen-bond donors (Lipinski definition) is 0. The molecule has 14 aromatic rings. The summed E-state index contributed by atoms with van der Waals surface area (Å²) in [5, 5.41) is 6.34. The van der Waals surface area contributed by atoms with Gasteiger partial charge in [0.15, 0.2) is 11.2 Å². The van der Waals surface area contributed by atoms with Gasteiger partial charge < -0.3 is 23.1 Å². The molecule has 0 unspecified atom stereocenters. The molecule has 0 bridgehead atoms. The van der Waals surface area contributed by atoms with Gasteiger partial charge in [0, 0.05) is 55.1 Å². The minimum atomic E-state index is -1.04. The van der Waals surface area contributed by atoms with Crippen LogP contribution < -0.4 is 9.80 Å². The summed E-state index contributed by atoms with van der Waals surface area (Å²) >= 11 is 0. The van der Waals surface area contributed by atoms with E-state index >= 15 is 0 Å². The first-order valence-electron chi connectivity index (χ1n) is 34.5. The van der Waals surface area contributed by atoms with E-state index in [-0.39, 0.29) is 32.5 Å². The van der Waals surface area contributed by atoms with Crippen LogP contribution in [0.4, 0.5) is 34.1 Å². The largest absolute Gasteiger partial charge is 0.456 e. The molecule has 96 heavy (non-hydrogen) atoms. The third-order valence-corrected chi connectivity index (χ3v) is 20.7. The van der Waals surface area contributed by atoms with Crippen LogP contribution in [0.15, 0.2) is 232 Å². The predicted molar refractivity (Wildman–Crippen MR) is 407 cm³/mol. The predicted octanol–water partition coefficient (Wildman–Crippen LogP) is 26.5. The lowest BCUT2D eigenvalue weighted by Gasteiger charge is -2.36. The van der Waals surface area contributed by atoms with Gasteiger partial charge in [-0.05, 0) is 196 Å². The van der Waals surface area contributed by atoms with Crippen molar-refractivity contribution in [2.45, 2.75) is 163 Å². The highest BCUT2D eigenvalue weighted by Gasteiger charge is 2.51. The number of furan rings is 3. The second-order valence-corrected chi connectivity index (χ2v) is 33.5. The van der Waals surface area contributed by atoms with E-state index in [1.165, 1.54) is 33.4 Å². The first-order chi connectivity index (χ1) is 45.4. The molecule has 0 radical (unpaired) electrons. The molecule has 0 N–H and O–H groups in total. The van der Waals surface area contributed by atoms with Gasteiger partial charge in [-0.25, -0.2) is 0 Å². The summed E-state index contributed by atoms with van der Waals surface area (Å²) in [4.78, 5) is 4.92. The molecule has 0 saturated carbocycles. The smallest absolute Gasteiger partial charge is 0.160 e.